The minimum atomic E-state index is 0.197. The molecule has 1 amide bonds. The molecule has 80 valence electrons. The van der Waals surface area contributed by atoms with Gasteiger partial charge in [0.05, 0.1) is 5.92 Å². The van der Waals surface area contributed by atoms with Gasteiger partial charge in [0.25, 0.3) is 0 Å². The first kappa shape index (κ1) is 9.97. The number of hydrogen-bond donors (Lipinski definition) is 2. The number of rotatable bonds is 3. The second kappa shape index (κ2) is 4.30. The molecule has 2 fully saturated rings. The molecule has 0 aromatic carbocycles. The van der Waals surface area contributed by atoms with Crippen LogP contribution < -0.4 is 10.6 Å². The summed E-state index contributed by atoms with van der Waals surface area (Å²) < 4.78 is 0. The van der Waals surface area contributed by atoms with E-state index in [1.807, 2.05) is 0 Å². The van der Waals surface area contributed by atoms with Gasteiger partial charge in [0, 0.05) is 12.6 Å². The van der Waals surface area contributed by atoms with Crippen molar-refractivity contribution >= 4 is 5.91 Å². The van der Waals surface area contributed by atoms with Gasteiger partial charge in [0.1, 0.15) is 0 Å². The van der Waals surface area contributed by atoms with E-state index in [0.717, 1.165) is 31.8 Å². The molecule has 2 atom stereocenters. The molecule has 3 heteroatoms. The first-order valence-corrected chi connectivity index (χ1v) is 5.78. The van der Waals surface area contributed by atoms with E-state index in [-0.39, 0.29) is 11.8 Å². The van der Waals surface area contributed by atoms with Crippen molar-refractivity contribution in [1.29, 1.82) is 0 Å². The molecule has 1 saturated heterocycles. The van der Waals surface area contributed by atoms with Crippen LogP contribution >= 0.6 is 0 Å². The van der Waals surface area contributed by atoms with E-state index in [0.29, 0.717) is 6.04 Å². The molecule has 0 aromatic heterocycles. The number of piperidine rings is 1. The van der Waals surface area contributed by atoms with E-state index in [4.69, 9.17) is 0 Å². The predicted molar refractivity (Wildman–Crippen MR) is 55.9 cm³/mol. The molecule has 1 aliphatic heterocycles. The summed E-state index contributed by atoms with van der Waals surface area (Å²) >= 11 is 0. The maximum Gasteiger partial charge on any atom is 0.224 e. The summed E-state index contributed by atoms with van der Waals surface area (Å²) in [5.74, 6) is 1.24. The Morgan fingerprint density at radius 3 is 2.86 bits per heavy atom. The average Bonchev–Trinajstić information content (AvgIpc) is 2.98. The molecule has 1 saturated carbocycles. The Morgan fingerprint density at radius 1 is 1.43 bits per heavy atom. The first-order valence-electron chi connectivity index (χ1n) is 5.78. The van der Waals surface area contributed by atoms with Crippen LogP contribution in [0.5, 0.6) is 0 Å². The fourth-order valence-corrected chi connectivity index (χ4v) is 2.10. The minimum Gasteiger partial charge on any atom is -0.356 e. The van der Waals surface area contributed by atoms with E-state index in [2.05, 4.69) is 17.6 Å². The number of carbonyl (C=O) groups is 1. The molecule has 2 rings (SSSR count). The van der Waals surface area contributed by atoms with Crippen molar-refractivity contribution in [2.75, 3.05) is 13.1 Å². The van der Waals surface area contributed by atoms with Crippen LogP contribution in [0.1, 0.15) is 32.6 Å². The fraction of sp³-hybridized carbons (Fsp3) is 0.909. The van der Waals surface area contributed by atoms with Crippen LogP contribution in [0, 0.1) is 11.8 Å². The summed E-state index contributed by atoms with van der Waals surface area (Å²) in [6.45, 7) is 4.08. The van der Waals surface area contributed by atoms with E-state index in [9.17, 15) is 4.79 Å². The topological polar surface area (TPSA) is 41.1 Å². The third kappa shape index (κ3) is 2.47. The lowest BCUT2D eigenvalue weighted by Gasteiger charge is -2.28. The van der Waals surface area contributed by atoms with Gasteiger partial charge in [-0.25, -0.2) is 0 Å². The highest BCUT2D eigenvalue weighted by Gasteiger charge is 2.29. The molecule has 0 aromatic rings. The highest BCUT2D eigenvalue weighted by molar-refractivity contribution is 5.79. The maximum absolute atomic E-state index is 11.8. The van der Waals surface area contributed by atoms with Gasteiger partial charge in [0.15, 0.2) is 0 Å². The lowest BCUT2D eigenvalue weighted by molar-refractivity contribution is -0.126. The van der Waals surface area contributed by atoms with Crippen molar-refractivity contribution < 1.29 is 4.79 Å². The summed E-state index contributed by atoms with van der Waals surface area (Å²) in [5.41, 5.74) is 0. The number of carbonyl (C=O) groups excluding carboxylic acids is 1. The highest BCUT2D eigenvalue weighted by Crippen LogP contribution is 2.27. The second-order valence-electron chi connectivity index (χ2n) is 4.68. The van der Waals surface area contributed by atoms with Gasteiger partial charge in [-0.3, -0.25) is 4.79 Å². The van der Waals surface area contributed by atoms with Crippen molar-refractivity contribution in [3.05, 3.63) is 0 Å². The number of amides is 1. The number of hydrogen-bond acceptors (Lipinski definition) is 2. The van der Waals surface area contributed by atoms with Crippen molar-refractivity contribution in [3.63, 3.8) is 0 Å². The molecule has 2 N–H and O–H groups in total. The predicted octanol–water partition coefficient (Wildman–Crippen LogP) is 0.901. The van der Waals surface area contributed by atoms with Gasteiger partial charge in [-0.05, 0) is 45.1 Å². The van der Waals surface area contributed by atoms with Crippen molar-refractivity contribution in [2.24, 2.45) is 11.8 Å². The van der Waals surface area contributed by atoms with Crippen LogP contribution in [0.25, 0.3) is 0 Å². The van der Waals surface area contributed by atoms with Crippen LogP contribution in [0.2, 0.25) is 0 Å². The zero-order chi connectivity index (χ0) is 9.97. The summed E-state index contributed by atoms with van der Waals surface area (Å²) in [4.78, 5) is 11.8. The van der Waals surface area contributed by atoms with Crippen LogP contribution in [-0.2, 0) is 4.79 Å². The zero-order valence-corrected chi connectivity index (χ0v) is 8.88. The Balaban J connectivity index is 1.76. The van der Waals surface area contributed by atoms with Crippen molar-refractivity contribution in [2.45, 2.75) is 38.6 Å². The van der Waals surface area contributed by atoms with E-state index < -0.39 is 0 Å². The van der Waals surface area contributed by atoms with E-state index in [1.165, 1.54) is 12.8 Å². The summed E-state index contributed by atoms with van der Waals surface area (Å²) in [7, 11) is 0. The molecule has 0 spiro atoms. The Bertz CT molecular complexity index is 213. The van der Waals surface area contributed by atoms with Gasteiger partial charge >= 0.3 is 0 Å². The molecule has 0 unspecified atom stereocenters. The Labute approximate surface area is 85.6 Å². The van der Waals surface area contributed by atoms with Gasteiger partial charge in [-0.15, -0.1) is 0 Å². The smallest absolute Gasteiger partial charge is 0.224 e. The average molecular weight is 196 g/mol. The van der Waals surface area contributed by atoms with Crippen molar-refractivity contribution in [1.82, 2.24) is 10.6 Å². The lowest BCUT2D eigenvalue weighted by atomic mass is 9.91. The SMILES string of the molecule is C[C@@H]1NCCC[C@@H]1C(=O)NCC1CC1. The normalized spacial score (nSPS) is 32.6. The Morgan fingerprint density at radius 2 is 2.21 bits per heavy atom. The van der Waals surface area contributed by atoms with Gasteiger partial charge in [-0.2, -0.15) is 0 Å². The zero-order valence-electron chi connectivity index (χ0n) is 8.88. The minimum absolute atomic E-state index is 0.197. The third-order valence-electron chi connectivity index (χ3n) is 3.36. The molecular weight excluding hydrogens is 176 g/mol. The molecule has 1 heterocycles. The molecule has 2 aliphatic rings. The largest absolute Gasteiger partial charge is 0.356 e. The van der Waals surface area contributed by atoms with Gasteiger partial charge in [0.2, 0.25) is 5.91 Å². The fourth-order valence-electron chi connectivity index (χ4n) is 2.10. The Hall–Kier alpha value is -0.570. The first-order chi connectivity index (χ1) is 6.77. The summed E-state index contributed by atoms with van der Waals surface area (Å²) in [6, 6.07) is 0.350. The quantitative estimate of drug-likeness (QED) is 0.704. The third-order valence-corrected chi connectivity index (χ3v) is 3.36. The second-order valence-corrected chi connectivity index (χ2v) is 4.68. The highest BCUT2D eigenvalue weighted by atomic mass is 16.1. The van der Waals surface area contributed by atoms with E-state index in [1.54, 1.807) is 0 Å². The summed E-state index contributed by atoms with van der Waals surface area (Å²) in [6.07, 6.45) is 4.79. The molecular formula is C11H20N2O. The standard InChI is InChI=1S/C11H20N2O/c1-8-10(3-2-6-12-8)11(14)13-7-9-4-5-9/h8-10,12H,2-7H2,1H3,(H,13,14)/t8-,10-/m0/s1. The van der Waals surface area contributed by atoms with Crippen LogP contribution in [0.15, 0.2) is 0 Å². The molecule has 3 nitrogen and oxygen atoms in total. The van der Waals surface area contributed by atoms with E-state index >= 15 is 0 Å². The van der Waals surface area contributed by atoms with Gasteiger partial charge < -0.3 is 10.6 Å². The molecule has 0 radical (unpaired) electrons. The Kier molecular flexibility index (Phi) is 3.06. The summed E-state index contributed by atoms with van der Waals surface area (Å²) in [5, 5.41) is 6.42. The lowest BCUT2D eigenvalue weighted by Crippen LogP contribution is -2.47. The van der Waals surface area contributed by atoms with Crippen LogP contribution in [-0.4, -0.2) is 25.0 Å². The monoisotopic (exact) mass is 196 g/mol. The van der Waals surface area contributed by atoms with Crippen LogP contribution in [0.3, 0.4) is 0 Å². The van der Waals surface area contributed by atoms with Crippen molar-refractivity contribution in [3.8, 4) is 0 Å². The molecule has 0 bridgehead atoms. The van der Waals surface area contributed by atoms with Gasteiger partial charge in [-0.1, -0.05) is 0 Å². The molecule has 14 heavy (non-hydrogen) atoms. The number of nitrogens with one attached hydrogen (secondary N) is 2. The van der Waals surface area contributed by atoms with Crippen LogP contribution in [0.4, 0.5) is 0 Å². The maximum atomic E-state index is 11.8. The molecule has 1 aliphatic carbocycles.